The molecule has 0 radical (unpaired) electrons. The number of hydrogen-bond donors (Lipinski definition) is 1. The Hall–Kier alpha value is -2.81. The third-order valence-corrected chi connectivity index (χ3v) is 4.43. The van der Waals surface area contributed by atoms with Crippen LogP contribution in [0.15, 0.2) is 60.7 Å². The Morgan fingerprint density at radius 1 is 1.04 bits per heavy atom. The van der Waals surface area contributed by atoms with Crippen LogP contribution in [-0.4, -0.2) is 11.1 Å². The molecule has 1 aliphatic rings. The van der Waals surface area contributed by atoms with Crippen molar-refractivity contribution >= 4 is 16.7 Å². The quantitative estimate of drug-likeness (QED) is 0.752. The topological polar surface area (TPSA) is 46.5 Å². The van der Waals surface area contributed by atoms with Crippen LogP contribution >= 0.6 is 0 Å². The molecule has 3 aromatic rings. The summed E-state index contributed by atoms with van der Waals surface area (Å²) in [5.41, 5.74) is 2.47. The number of ether oxygens (including phenoxy) is 1. The summed E-state index contributed by atoms with van der Waals surface area (Å²) < 4.78 is 6.17. The van der Waals surface area contributed by atoms with E-state index in [1.54, 1.807) is 18.2 Å². The summed E-state index contributed by atoms with van der Waals surface area (Å²) in [5.74, 6) is -0.00488. The van der Waals surface area contributed by atoms with Crippen molar-refractivity contribution in [3.05, 3.63) is 77.4 Å². The van der Waals surface area contributed by atoms with Crippen LogP contribution in [0.4, 0.5) is 0 Å². The van der Waals surface area contributed by atoms with Crippen molar-refractivity contribution in [1.82, 2.24) is 0 Å². The molecule has 4 rings (SSSR count). The fraction of sp³-hybridized carbons (Fsp3) is 0.150. The molecule has 114 valence electrons. The van der Waals surface area contributed by atoms with Gasteiger partial charge < -0.3 is 9.84 Å². The largest absolute Gasteiger partial charge is 0.485 e. The molecule has 0 aliphatic carbocycles. The number of aromatic carboxylic acids is 1. The molecule has 0 saturated heterocycles. The van der Waals surface area contributed by atoms with Crippen molar-refractivity contribution < 1.29 is 14.6 Å². The molecule has 1 heterocycles. The molecule has 1 atom stereocenters. The standard InChI is InChI=1S/C20H16O3/c21-20(22)15-6-3-5-14(12-15)18-11-9-17-16-7-2-1-4-13(16)8-10-19(17)23-18/h1-8,10,12,18H,9,11H2,(H,21,22). The van der Waals surface area contributed by atoms with Crippen molar-refractivity contribution in [2.75, 3.05) is 0 Å². The van der Waals surface area contributed by atoms with Crippen molar-refractivity contribution in [1.29, 1.82) is 0 Å². The van der Waals surface area contributed by atoms with Gasteiger partial charge in [0.25, 0.3) is 0 Å². The summed E-state index contributed by atoms with van der Waals surface area (Å²) in [6.07, 6.45) is 1.69. The molecule has 0 bridgehead atoms. The van der Waals surface area contributed by atoms with E-state index in [4.69, 9.17) is 9.84 Å². The van der Waals surface area contributed by atoms with Gasteiger partial charge in [0.1, 0.15) is 11.9 Å². The van der Waals surface area contributed by atoms with Gasteiger partial charge in [0.15, 0.2) is 0 Å². The Balaban J connectivity index is 1.70. The van der Waals surface area contributed by atoms with E-state index in [0.717, 1.165) is 24.2 Å². The predicted molar refractivity (Wildman–Crippen MR) is 89.0 cm³/mol. The van der Waals surface area contributed by atoms with Crippen LogP contribution in [-0.2, 0) is 6.42 Å². The molecule has 1 unspecified atom stereocenters. The second-order valence-corrected chi connectivity index (χ2v) is 5.84. The minimum Gasteiger partial charge on any atom is -0.485 e. The van der Waals surface area contributed by atoms with E-state index in [1.807, 2.05) is 24.3 Å². The molecule has 0 amide bonds. The molecular formula is C20H16O3. The first-order valence-electron chi connectivity index (χ1n) is 7.73. The van der Waals surface area contributed by atoms with E-state index < -0.39 is 5.97 Å². The molecule has 1 aliphatic heterocycles. The zero-order chi connectivity index (χ0) is 15.8. The summed E-state index contributed by atoms with van der Waals surface area (Å²) in [4.78, 5) is 11.1. The van der Waals surface area contributed by atoms with Crippen LogP contribution < -0.4 is 4.74 Å². The van der Waals surface area contributed by atoms with Crippen molar-refractivity contribution in [3.63, 3.8) is 0 Å². The van der Waals surface area contributed by atoms with Gasteiger partial charge in [-0.3, -0.25) is 0 Å². The lowest BCUT2D eigenvalue weighted by molar-refractivity contribution is 0.0696. The molecular weight excluding hydrogens is 288 g/mol. The van der Waals surface area contributed by atoms with Gasteiger partial charge in [-0.2, -0.15) is 0 Å². The van der Waals surface area contributed by atoms with E-state index in [9.17, 15) is 4.79 Å². The maximum absolute atomic E-state index is 11.1. The van der Waals surface area contributed by atoms with E-state index in [0.29, 0.717) is 5.56 Å². The average molecular weight is 304 g/mol. The summed E-state index contributed by atoms with van der Waals surface area (Å²) in [5, 5.41) is 11.6. The fourth-order valence-corrected chi connectivity index (χ4v) is 3.28. The molecule has 3 aromatic carbocycles. The van der Waals surface area contributed by atoms with E-state index in [2.05, 4.69) is 18.2 Å². The number of hydrogen-bond acceptors (Lipinski definition) is 2. The lowest BCUT2D eigenvalue weighted by atomic mass is 9.93. The Bertz CT molecular complexity index is 898. The highest BCUT2D eigenvalue weighted by atomic mass is 16.5. The second kappa shape index (κ2) is 5.43. The van der Waals surface area contributed by atoms with Crippen LogP contribution in [0.1, 0.15) is 34.0 Å². The van der Waals surface area contributed by atoms with Crippen LogP contribution in [0.2, 0.25) is 0 Å². The second-order valence-electron chi connectivity index (χ2n) is 5.84. The third-order valence-electron chi connectivity index (χ3n) is 4.43. The smallest absolute Gasteiger partial charge is 0.335 e. The number of benzene rings is 3. The third kappa shape index (κ3) is 2.44. The van der Waals surface area contributed by atoms with Gasteiger partial charge in [-0.05, 0) is 47.4 Å². The van der Waals surface area contributed by atoms with Gasteiger partial charge in [-0.15, -0.1) is 0 Å². The number of carboxylic acid groups (broad SMARTS) is 1. The molecule has 0 aromatic heterocycles. The number of rotatable bonds is 2. The summed E-state index contributed by atoms with van der Waals surface area (Å²) in [6.45, 7) is 0. The maximum Gasteiger partial charge on any atom is 0.335 e. The Morgan fingerprint density at radius 3 is 2.78 bits per heavy atom. The van der Waals surface area contributed by atoms with Gasteiger partial charge in [-0.1, -0.05) is 42.5 Å². The number of carbonyl (C=O) groups is 1. The van der Waals surface area contributed by atoms with Gasteiger partial charge >= 0.3 is 5.97 Å². The molecule has 0 spiro atoms. The SMILES string of the molecule is O=C(O)c1cccc(C2CCc3c(ccc4ccccc34)O2)c1. The maximum atomic E-state index is 11.1. The highest BCUT2D eigenvalue weighted by Gasteiger charge is 2.23. The highest BCUT2D eigenvalue weighted by Crippen LogP contribution is 2.38. The van der Waals surface area contributed by atoms with E-state index in [1.165, 1.54) is 16.3 Å². The summed E-state index contributed by atoms with van der Waals surface area (Å²) >= 11 is 0. The molecule has 3 heteroatoms. The van der Waals surface area contributed by atoms with Crippen molar-refractivity contribution in [2.45, 2.75) is 18.9 Å². The minimum atomic E-state index is -0.908. The highest BCUT2D eigenvalue weighted by molar-refractivity contribution is 5.88. The molecule has 3 nitrogen and oxygen atoms in total. The average Bonchev–Trinajstić information content (AvgIpc) is 2.61. The van der Waals surface area contributed by atoms with Crippen molar-refractivity contribution in [2.24, 2.45) is 0 Å². The van der Waals surface area contributed by atoms with E-state index >= 15 is 0 Å². The van der Waals surface area contributed by atoms with Crippen LogP contribution in [0.5, 0.6) is 5.75 Å². The van der Waals surface area contributed by atoms with Gasteiger partial charge in [0, 0.05) is 5.56 Å². The number of fused-ring (bicyclic) bond motifs is 3. The van der Waals surface area contributed by atoms with Crippen molar-refractivity contribution in [3.8, 4) is 5.75 Å². The van der Waals surface area contributed by atoms with Crippen LogP contribution in [0.25, 0.3) is 10.8 Å². The predicted octanol–water partition coefficient (Wildman–Crippen LogP) is 4.60. The molecule has 23 heavy (non-hydrogen) atoms. The fourth-order valence-electron chi connectivity index (χ4n) is 3.28. The van der Waals surface area contributed by atoms with Gasteiger partial charge in [-0.25, -0.2) is 4.79 Å². The van der Waals surface area contributed by atoms with E-state index in [-0.39, 0.29) is 6.10 Å². The minimum absolute atomic E-state index is 0.0945. The monoisotopic (exact) mass is 304 g/mol. The lowest BCUT2D eigenvalue weighted by Gasteiger charge is -2.27. The summed E-state index contributed by atoms with van der Waals surface area (Å²) in [7, 11) is 0. The van der Waals surface area contributed by atoms with Gasteiger partial charge in [0.2, 0.25) is 0 Å². The molecule has 0 saturated carbocycles. The zero-order valence-electron chi connectivity index (χ0n) is 12.5. The molecule has 1 N–H and O–H groups in total. The first kappa shape index (κ1) is 13.8. The first-order valence-corrected chi connectivity index (χ1v) is 7.73. The van der Waals surface area contributed by atoms with Crippen LogP contribution in [0, 0.1) is 0 Å². The zero-order valence-corrected chi connectivity index (χ0v) is 12.5. The van der Waals surface area contributed by atoms with Gasteiger partial charge in [0.05, 0.1) is 5.56 Å². The Morgan fingerprint density at radius 2 is 1.91 bits per heavy atom. The summed E-state index contributed by atoms with van der Waals surface area (Å²) in [6, 6.07) is 19.4. The lowest BCUT2D eigenvalue weighted by Crippen LogP contribution is -2.16. The van der Waals surface area contributed by atoms with Crippen LogP contribution in [0.3, 0.4) is 0 Å². The number of carboxylic acids is 1. The molecule has 0 fully saturated rings. The number of aryl methyl sites for hydroxylation is 1. The first-order chi connectivity index (χ1) is 11.2. The Kier molecular flexibility index (Phi) is 3.27. The normalized spacial score (nSPS) is 16.6. The Labute approximate surface area is 134 Å².